The van der Waals surface area contributed by atoms with E-state index in [1.165, 1.54) is 6.92 Å². The van der Waals surface area contributed by atoms with Crippen LogP contribution in [0.15, 0.2) is 47.4 Å². The highest BCUT2D eigenvalue weighted by molar-refractivity contribution is 5.82. The third-order valence-electron chi connectivity index (χ3n) is 10.6. The quantitative estimate of drug-likeness (QED) is 0.139. The third kappa shape index (κ3) is 9.01. The maximum absolute atomic E-state index is 16.1. The fourth-order valence-corrected chi connectivity index (χ4v) is 7.84. The average molecular weight is 766 g/mol. The molecule has 1 saturated heterocycles. The van der Waals surface area contributed by atoms with Crippen molar-refractivity contribution in [1.29, 1.82) is 0 Å². The van der Waals surface area contributed by atoms with E-state index >= 15 is 4.39 Å². The monoisotopic (exact) mass is 765 g/mol. The molecule has 14 heteroatoms. The van der Waals surface area contributed by atoms with E-state index in [9.17, 15) is 40.7 Å². The summed E-state index contributed by atoms with van der Waals surface area (Å²) in [5.41, 5.74) is -2.87. The molecule has 1 amide bonds. The molecule has 2 atom stereocenters. The highest BCUT2D eigenvalue weighted by atomic mass is 19.4. The Morgan fingerprint density at radius 3 is 2.13 bits per heavy atom. The van der Waals surface area contributed by atoms with Crippen LogP contribution in [0.3, 0.4) is 0 Å². The van der Waals surface area contributed by atoms with Gasteiger partial charge >= 0.3 is 18.3 Å². The third-order valence-corrected chi connectivity index (χ3v) is 10.6. The van der Waals surface area contributed by atoms with Gasteiger partial charge < -0.3 is 19.5 Å². The smallest absolute Gasteiger partial charge is 0.419 e. The predicted molar refractivity (Wildman–Crippen MR) is 189 cm³/mol. The van der Waals surface area contributed by atoms with Crippen molar-refractivity contribution in [2.24, 2.45) is 11.3 Å². The number of nitrogens with one attached hydrogen (secondary N) is 1. The van der Waals surface area contributed by atoms with E-state index in [0.717, 1.165) is 49.2 Å². The van der Waals surface area contributed by atoms with Crippen molar-refractivity contribution in [3.8, 4) is 11.1 Å². The van der Waals surface area contributed by atoms with Gasteiger partial charge in [0.15, 0.2) is 0 Å². The van der Waals surface area contributed by atoms with E-state index in [0.29, 0.717) is 35.4 Å². The summed E-state index contributed by atoms with van der Waals surface area (Å²) < 4.78 is 108. The first-order valence-electron chi connectivity index (χ1n) is 18.2. The molecule has 1 aliphatic carbocycles. The molecule has 2 fully saturated rings. The second-order valence-electron chi connectivity index (χ2n) is 15.2. The van der Waals surface area contributed by atoms with Crippen LogP contribution in [0.1, 0.15) is 98.3 Å². The number of likely N-dealkylation sites (tertiary alicyclic amines) is 1. The highest BCUT2D eigenvalue weighted by Gasteiger charge is 2.47. The number of rotatable bonds is 13. The standard InChI is InChI=1S/C40H46F7N3O4/c1-6-54-34(52)19-31(28-16-27(17-30(36(28)41)40(45,46)47)35-24(4)9-7-10-25(35)5)48-37(53)32(15-23(2)3)50-20-26(29(18-33(50)51)39(42,43)44)11-14-49-21-38(22-49)12-8-13-38/h7,9-10,16-18,20,23,31-32H,6,8,11-15,19,21-22H2,1-5H3,(H,48,53)/t31-,32?/m0/s1. The van der Waals surface area contributed by atoms with E-state index in [1.807, 2.05) is 0 Å². The number of ether oxygens (including phenoxy) is 1. The lowest BCUT2D eigenvalue weighted by molar-refractivity contribution is -0.144. The molecule has 7 nitrogen and oxygen atoms in total. The van der Waals surface area contributed by atoms with Gasteiger partial charge in [-0.05, 0) is 97.7 Å². The van der Waals surface area contributed by atoms with Crippen LogP contribution in [0.5, 0.6) is 0 Å². The number of aryl methyl sites for hydroxylation is 2. The van der Waals surface area contributed by atoms with E-state index in [-0.39, 0.29) is 41.9 Å². The molecule has 0 bridgehead atoms. The van der Waals surface area contributed by atoms with Crippen molar-refractivity contribution in [2.75, 3.05) is 26.2 Å². The topological polar surface area (TPSA) is 80.6 Å². The summed E-state index contributed by atoms with van der Waals surface area (Å²) in [5, 5.41) is 2.50. The fraction of sp³-hybridized carbons (Fsp3) is 0.525. The molecule has 1 N–H and O–H groups in total. The molecule has 2 heterocycles. The number of pyridine rings is 1. The maximum Gasteiger partial charge on any atom is 0.419 e. The maximum atomic E-state index is 16.1. The van der Waals surface area contributed by atoms with Crippen molar-refractivity contribution < 1.29 is 45.1 Å². The Morgan fingerprint density at radius 2 is 1.59 bits per heavy atom. The number of alkyl halides is 6. The Bertz CT molecular complexity index is 1900. The molecule has 3 aromatic rings. The number of benzene rings is 2. The summed E-state index contributed by atoms with van der Waals surface area (Å²) in [6.45, 7) is 10.0. The SMILES string of the molecule is CCOC(=O)C[C@H](NC(=O)C(CC(C)C)n1cc(CCN2CC3(CCC3)C2)c(C(F)(F)F)cc1=O)c1cc(-c2c(C)cccc2C)cc(C(F)(F)F)c1F. The normalized spacial score (nSPS) is 16.8. The van der Waals surface area contributed by atoms with E-state index in [2.05, 4.69) is 10.2 Å². The number of carbonyl (C=O) groups excluding carboxylic acids is 2. The lowest BCUT2D eigenvalue weighted by Gasteiger charge is -2.56. The number of hydrogen-bond donors (Lipinski definition) is 1. The molecule has 1 aliphatic heterocycles. The summed E-state index contributed by atoms with van der Waals surface area (Å²) in [6, 6.07) is 4.17. The van der Waals surface area contributed by atoms with Gasteiger partial charge in [-0.3, -0.25) is 14.4 Å². The van der Waals surface area contributed by atoms with Crippen LogP contribution in [0.25, 0.3) is 11.1 Å². The van der Waals surface area contributed by atoms with Gasteiger partial charge in [0.05, 0.1) is 30.2 Å². The molecule has 1 aromatic heterocycles. The van der Waals surface area contributed by atoms with Gasteiger partial charge in [-0.2, -0.15) is 26.3 Å². The Balaban J connectivity index is 1.57. The van der Waals surface area contributed by atoms with Crippen molar-refractivity contribution in [3.63, 3.8) is 0 Å². The summed E-state index contributed by atoms with van der Waals surface area (Å²) in [7, 11) is 0. The Morgan fingerprint density at radius 1 is 0.963 bits per heavy atom. The zero-order chi connectivity index (χ0) is 39.7. The Hall–Kier alpha value is -4.20. The van der Waals surface area contributed by atoms with Gasteiger partial charge in [-0.15, -0.1) is 0 Å². The molecule has 54 heavy (non-hydrogen) atoms. The van der Waals surface area contributed by atoms with Gasteiger partial charge in [0.25, 0.3) is 5.56 Å². The van der Waals surface area contributed by atoms with Crippen LogP contribution >= 0.6 is 0 Å². The second kappa shape index (κ2) is 15.9. The number of nitrogens with zero attached hydrogens (tertiary/aromatic N) is 2. The molecule has 1 unspecified atom stereocenters. The first-order valence-corrected chi connectivity index (χ1v) is 18.2. The van der Waals surface area contributed by atoms with Gasteiger partial charge in [0.1, 0.15) is 11.9 Å². The summed E-state index contributed by atoms with van der Waals surface area (Å²) in [4.78, 5) is 42.6. The van der Waals surface area contributed by atoms with Crippen molar-refractivity contribution in [1.82, 2.24) is 14.8 Å². The molecule has 2 aliphatic rings. The molecule has 5 rings (SSSR count). The van der Waals surface area contributed by atoms with E-state index < -0.39 is 70.8 Å². The zero-order valence-electron chi connectivity index (χ0n) is 31.0. The highest BCUT2D eigenvalue weighted by Crippen LogP contribution is 2.48. The first-order chi connectivity index (χ1) is 25.2. The van der Waals surface area contributed by atoms with Gasteiger partial charge in [-0.1, -0.05) is 38.5 Å². The summed E-state index contributed by atoms with van der Waals surface area (Å²) in [6.07, 6.45) is -6.59. The lowest BCUT2D eigenvalue weighted by atomic mass is 9.63. The molecule has 294 valence electrons. The predicted octanol–water partition coefficient (Wildman–Crippen LogP) is 8.74. The van der Waals surface area contributed by atoms with Gasteiger partial charge in [-0.25, -0.2) is 4.39 Å². The number of esters is 1. The van der Waals surface area contributed by atoms with Crippen LogP contribution in [-0.2, 0) is 33.1 Å². The fourth-order valence-electron chi connectivity index (χ4n) is 7.84. The average Bonchev–Trinajstić information content (AvgIpc) is 3.02. The van der Waals surface area contributed by atoms with Gasteiger partial charge in [0, 0.05) is 37.5 Å². The Kier molecular flexibility index (Phi) is 12.0. The lowest BCUT2D eigenvalue weighted by Crippen LogP contribution is -2.59. The molecule has 1 spiro atoms. The first kappa shape index (κ1) is 41.0. The van der Waals surface area contributed by atoms with Crippen molar-refractivity contribution in [2.45, 2.75) is 97.6 Å². The van der Waals surface area contributed by atoms with E-state index in [4.69, 9.17) is 4.74 Å². The number of carbonyl (C=O) groups is 2. The van der Waals surface area contributed by atoms with Crippen LogP contribution < -0.4 is 10.9 Å². The summed E-state index contributed by atoms with van der Waals surface area (Å²) in [5.74, 6) is -3.96. The number of aromatic nitrogens is 1. The molecular weight excluding hydrogens is 719 g/mol. The van der Waals surface area contributed by atoms with Crippen LogP contribution in [0.4, 0.5) is 30.7 Å². The minimum atomic E-state index is -5.16. The minimum Gasteiger partial charge on any atom is -0.466 e. The summed E-state index contributed by atoms with van der Waals surface area (Å²) >= 11 is 0. The number of halogens is 7. The number of amides is 1. The molecular formula is C40H46F7N3O4. The van der Waals surface area contributed by atoms with Crippen LogP contribution in [0.2, 0.25) is 0 Å². The van der Waals surface area contributed by atoms with Crippen molar-refractivity contribution >= 4 is 11.9 Å². The minimum absolute atomic E-state index is 0.00908. The van der Waals surface area contributed by atoms with Gasteiger partial charge in [0.2, 0.25) is 5.91 Å². The Labute approximate surface area is 309 Å². The number of hydrogen-bond acceptors (Lipinski definition) is 5. The zero-order valence-corrected chi connectivity index (χ0v) is 31.0. The largest absolute Gasteiger partial charge is 0.466 e. The van der Waals surface area contributed by atoms with Crippen LogP contribution in [-0.4, -0.2) is 47.6 Å². The van der Waals surface area contributed by atoms with Crippen molar-refractivity contribution in [3.05, 3.63) is 92.1 Å². The molecule has 2 aromatic carbocycles. The second-order valence-corrected chi connectivity index (χ2v) is 15.2. The molecule has 0 radical (unpaired) electrons. The van der Waals surface area contributed by atoms with Crippen LogP contribution in [0, 0.1) is 31.0 Å². The molecule has 1 saturated carbocycles. The van der Waals surface area contributed by atoms with E-state index in [1.54, 1.807) is 45.9 Å².